The van der Waals surface area contributed by atoms with E-state index >= 15 is 0 Å². The molecule has 43 heavy (non-hydrogen) atoms. The molecule has 0 aliphatic rings. The van der Waals surface area contributed by atoms with Crippen LogP contribution in [0.2, 0.25) is 0 Å². The highest BCUT2D eigenvalue weighted by molar-refractivity contribution is 5.90. The number of rotatable bonds is 8. The number of pyridine rings is 2. The maximum atomic E-state index is 14.0. The topological polar surface area (TPSA) is 103 Å². The second-order valence-corrected chi connectivity index (χ2v) is 9.39. The number of hydrogen-bond acceptors (Lipinski definition) is 7. The molecule has 5 rings (SSSR count). The van der Waals surface area contributed by atoms with Gasteiger partial charge in [-0.15, -0.1) is 0 Å². The van der Waals surface area contributed by atoms with Crippen molar-refractivity contribution in [2.24, 2.45) is 0 Å². The molecular weight excluding hydrogens is 559 g/mol. The van der Waals surface area contributed by atoms with E-state index < -0.39 is 23.4 Å². The highest BCUT2D eigenvalue weighted by Crippen LogP contribution is 2.35. The van der Waals surface area contributed by atoms with Crippen LogP contribution in [-0.2, 0) is 17.5 Å². The summed E-state index contributed by atoms with van der Waals surface area (Å²) in [6.45, 7) is 3.61. The third-order valence-electron chi connectivity index (χ3n) is 6.56. The van der Waals surface area contributed by atoms with Gasteiger partial charge in [-0.25, -0.2) is 14.5 Å². The van der Waals surface area contributed by atoms with E-state index in [0.717, 1.165) is 28.6 Å². The van der Waals surface area contributed by atoms with Crippen LogP contribution >= 0.6 is 0 Å². The van der Waals surface area contributed by atoms with E-state index in [1.165, 1.54) is 19.2 Å². The van der Waals surface area contributed by atoms with Gasteiger partial charge in [0.05, 0.1) is 29.8 Å². The molecule has 0 atom stereocenters. The number of alkyl halides is 3. The maximum Gasteiger partial charge on any atom is 0.434 e. The minimum absolute atomic E-state index is 0.0795. The van der Waals surface area contributed by atoms with Crippen molar-refractivity contribution in [3.63, 3.8) is 0 Å². The minimum atomic E-state index is -4.89. The molecule has 11 heteroatoms. The lowest BCUT2D eigenvalue weighted by molar-refractivity contribution is -0.143. The van der Waals surface area contributed by atoms with Crippen LogP contribution in [0.15, 0.2) is 85.2 Å². The Kier molecular flexibility index (Phi) is 8.20. The Morgan fingerprint density at radius 2 is 1.81 bits per heavy atom. The van der Waals surface area contributed by atoms with Crippen LogP contribution in [0.3, 0.4) is 0 Å². The normalized spacial score (nSPS) is 11.2. The lowest BCUT2D eigenvalue weighted by atomic mass is 10.0. The van der Waals surface area contributed by atoms with E-state index in [4.69, 9.17) is 14.7 Å². The Morgan fingerprint density at radius 3 is 2.51 bits per heavy atom. The van der Waals surface area contributed by atoms with Crippen molar-refractivity contribution >= 4 is 5.97 Å². The van der Waals surface area contributed by atoms with Gasteiger partial charge in [0.2, 0.25) is 0 Å². The van der Waals surface area contributed by atoms with Crippen LogP contribution < -0.4 is 4.74 Å². The van der Waals surface area contributed by atoms with Gasteiger partial charge in [0.25, 0.3) is 0 Å². The first-order chi connectivity index (χ1) is 20.7. The zero-order valence-corrected chi connectivity index (χ0v) is 23.1. The Bertz CT molecular complexity index is 1830. The van der Waals surface area contributed by atoms with Gasteiger partial charge >= 0.3 is 12.1 Å². The first-order valence-electron chi connectivity index (χ1n) is 13.2. The first kappa shape index (κ1) is 29.0. The van der Waals surface area contributed by atoms with Crippen molar-refractivity contribution in [1.82, 2.24) is 19.7 Å². The Morgan fingerprint density at radius 1 is 1.00 bits per heavy atom. The molecule has 0 amide bonds. The van der Waals surface area contributed by atoms with E-state index in [1.54, 1.807) is 48.5 Å². The second kappa shape index (κ2) is 12.2. The van der Waals surface area contributed by atoms with Crippen LogP contribution in [0.25, 0.3) is 28.3 Å². The summed E-state index contributed by atoms with van der Waals surface area (Å²) in [7, 11) is 0. The fraction of sp³-hybridized carbons (Fsp3) is 0.156. The average molecular weight is 584 g/mol. The van der Waals surface area contributed by atoms with Gasteiger partial charge < -0.3 is 9.47 Å². The van der Waals surface area contributed by atoms with E-state index in [0.29, 0.717) is 27.3 Å². The molecule has 3 aromatic heterocycles. The molecule has 0 bridgehead atoms. The van der Waals surface area contributed by atoms with Crippen LogP contribution in [0, 0.1) is 18.3 Å². The molecule has 0 unspecified atom stereocenters. The maximum absolute atomic E-state index is 14.0. The van der Waals surface area contributed by atoms with Crippen molar-refractivity contribution in [2.45, 2.75) is 26.6 Å². The van der Waals surface area contributed by atoms with Crippen molar-refractivity contribution in [3.05, 3.63) is 113 Å². The van der Waals surface area contributed by atoms with Crippen molar-refractivity contribution in [3.8, 4) is 40.2 Å². The summed E-state index contributed by atoms with van der Waals surface area (Å²) in [5.74, 6) is -0.765. The van der Waals surface area contributed by atoms with E-state index in [-0.39, 0.29) is 19.0 Å². The van der Waals surface area contributed by atoms with E-state index in [2.05, 4.69) is 21.1 Å². The lowest BCUT2D eigenvalue weighted by Crippen LogP contribution is -2.19. The van der Waals surface area contributed by atoms with Crippen LogP contribution in [-0.4, -0.2) is 32.3 Å². The monoisotopic (exact) mass is 583 g/mol. The quantitative estimate of drug-likeness (QED) is 0.182. The van der Waals surface area contributed by atoms with Crippen LogP contribution in [0.5, 0.6) is 5.75 Å². The molecule has 0 fully saturated rings. The predicted molar refractivity (Wildman–Crippen MR) is 151 cm³/mol. The average Bonchev–Trinajstić information content (AvgIpc) is 3.48. The number of esters is 1. The summed E-state index contributed by atoms with van der Waals surface area (Å²) in [5, 5.41) is 12.8. The molecule has 0 spiro atoms. The largest absolute Gasteiger partial charge is 0.488 e. The number of nitriles is 1. The third kappa shape index (κ3) is 6.23. The highest BCUT2D eigenvalue weighted by atomic mass is 19.4. The van der Waals surface area contributed by atoms with Gasteiger partial charge in [-0.05, 0) is 67.4 Å². The fourth-order valence-electron chi connectivity index (χ4n) is 4.45. The molecule has 3 heterocycles. The SMILES string of the molecule is CCOC(=O)c1cnn(-c2cccc(-c3ccccc3OCc3ccc(-c4ccc(C#N)cn4)cc3C)n2)c1C(F)(F)F. The summed E-state index contributed by atoms with van der Waals surface area (Å²) in [4.78, 5) is 21.0. The summed E-state index contributed by atoms with van der Waals surface area (Å²) >= 11 is 0. The van der Waals surface area contributed by atoms with Gasteiger partial charge in [-0.1, -0.05) is 30.3 Å². The van der Waals surface area contributed by atoms with Crippen LogP contribution in [0.1, 0.15) is 39.7 Å². The molecule has 2 aromatic carbocycles. The lowest BCUT2D eigenvalue weighted by Gasteiger charge is -2.15. The summed E-state index contributed by atoms with van der Waals surface area (Å²) in [5.41, 5.74) is 2.97. The van der Waals surface area contributed by atoms with Crippen molar-refractivity contribution < 1.29 is 27.4 Å². The smallest absolute Gasteiger partial charge is 0.434 e. The summed E-state index contributed by atoms with van der Waals surface area (Å²) in [6.07, 6.45) is -2.53. The number of nitrogens with zero attached hydrogens (tertiary/aromatic N) is 5. The third-order valence-corrected chi connectivity index (χ3v) is 6.56. The molecule has 216 valence electrons. The summed E-state index contributed by atoms with van der Waals surface area (Å²) in [6, 6.07) is 23.0. The van der Waals surface area contributed by atoms with Crippen molar-refractivity contribution in [2.75, 3.05) is 6.61 Å². The summed E-state index contributed by atoms with van der Waals surface area (Å²) < 4.78 is 53.6. The highest BCUT2D eigenvalue weighted by Gasteiger charge is 2.41. The van der Waals surface area contributed by atoms with Gasteiger partial charge in [0.15, 0.2) is 11.5 Å². The Labute approximate surface area is 245 Å². The molecular formula is C32H24F3N5O3. The first-order valence-corrected chi connectivity index (χ1v) is 13.2. The Balaban J connectivity index is 1.41. The molecule has 0 radical (unpaired) electrons. The van der Waals surface area contributed by atoms with E-state index in [9.17, 15) is 18.0 Å². The zero-order chi connectivity index (χ0) is 30.6. The molecule has 0 aliphatic heterocycles. The minimum Gasteiger partial charge on any atom is -0.488 e. The predicted octanol–water partition coefficient (Wildman–Crippen LogP) is 6.95. The van der Waals surface area contributed by atoms with Gasteiger partial charge in [-0.2, -0.15) is 23.5 Å². The number of halogens is 3. The number of para-hydroxylation sites is 1. The number of hydrogen-bond donors (Lipinski definition) is 0. The fourth-order valence-corrected chi connectivity index (χ4v) is 4.45. The number of carbonyl (C=O) groups excluding carboxylic acids is 1. The van der Waals surface area contributed by atoms with Gasteiger partial charge in [0, 0.05) is 17.3 Å². The molecule has 0 N–H and O–H groups in total. The number of aromatic nitrogens is 4. The number of benzene rings is 2. The molecule has 5 aromatic rings. The van der Waals surface area contributed by atoms with E-state index in [1.807, 2.05) is 25.1 Å². The Hall–Kier alpha value is -5.50. The van der Waals surface area contributed by atoms with Crippen LogP contribution in [0.4, 0.5) is 13.2 Å². The van der Waals surface area contributed by atoms with Crippen molar-refractivity contribution in [1.29, 1.82) is 5.26 Å². The second-order valence-electron chi connectivity index (χ2n) is 9.39. The molecule has 0 saturated heterocycles. The standard InChI is InChI=1S/C32H24F3N5O3/c1-3-42-31(41)25-18-38-40(30(25)32(33,34)35)29-10-6-8-27(39-29)24-7-4-5-9-28(24)43-19-23-13-12-22(15-20(23)2)26-14-11-21(16-36)17-37-26/h4-15,17-18H,3,19H2,1-2H3. The number of ether oxygens (including phenoxy) is 2. The number of aryl methyl sites for hydroxylation is 1. The zero-order valence-electron chi connectivity index (χ0n) is 23.1. The number of carbonyl (C=O) groups is 1. The van der Waals surface area contributed by atoms with Gasteiger partial charge in [0.1, 0.15) is 24.0 Å². The molecule has 0 saturated carbocycles. The molecule has 8 nitrogen and oxygen atoms in total. The van der Waals surface area contributed by atoms with Gasteiger partial charge in [-0.3, -0.25) is 4.98 Å². The molecule has 0 aliphatic carbocycles.